The van der Waals surface area contributed by atoms with E-state index in [4.69, 9.17) is 0 Å². The average Bonchev–Trinajstić information content (AvgIpc) is 3.77. The molecule has 0 radical (unpaired) electrons. The number of hydrogen-bond donors (Lipinski definition) is 3. The van der Waals surface area contributed by atoms with Crippen LogP contribution in [-0.2, 0) is 24.2 Å². The molecule has 2 saturated heterocycles. The van der Waals surface area contributed by atoms with Crippen molar-refractivity contribution in [2.24, 2.45) is 0 Å². The third-order valence-corrected chi connectivity index (χ3v) is 12.3. The number of pyridine rings is 1. The molecule has 1 unspecified atom stereocenters. The van der Waals surface area contributed by atoms with Gasteiger partial charge >= 0.3 is 0 Å². The number of carbonyl (C=O) groups is 5. The lowest BCUT2D eigenvalue weighted by Gasteiger charge is -2.36. The van der Waals surface area contributed by atoms with E-state index in [1.807, 2.05) is 47.4 Å². The number of fused-ring (bicyclic) bond motifs is 2. The van der Waals surface area contributed by atoms with Gasteiger partial charge in [-0.05, 0) is 86.0 Å². The number of piperazine rings is 1. The van der Waals surface area contributed by atoms with Gasteiger partial charge in [0, 0.05) is 74.4 Å². The van der Waals surface area contributed by atoms with Crippen molar-refractivity contribution < 1.29 is 32.4 Å². The summed E-state index contributed by atoms with van der Waals surface area (Å²) < 4.78 is 25.5. The summed E-state index contributed by atoms with van der Waals surface area (Å²) in [6.45, 7) is 3.46. The first kappa shape index (κ1) is 40.2. The molecule has 3 aromatic carbocycles. The van der Waals surface area contributed by atoms with Gasteiger partial charge in [0.15, 0.2) is 15.5 Å². The van der Waals surface area contributed by atoms with Crippen LogP contribution in [0.2, 0.25) is 0 Å². The maximum Gasteiger partial charge on any atom is 0.262 e. The normalized spacial score (nSPS) is 16.9. The molecule has 1 atom stereocenters. The van der Waals surface area contributed by atoms with Crippen LogP contribution in [0.4, 0.5) is 23.0 Å². The first-order valence-corrected chi connectivity index (χ1v) is 22.0. The summed E-state index contributed by atoms with van der Waals surface area (Å²) in [6.07, 6.45) is 5.41. The molecule has 310 valence electrons. The third-order valence-electron chi connectivity index (χ3n) is 11.1. The van der Waals surface area contributed by atoms with E-state index < -0.39 is 39.5 Å². The minimum atomic E-state index is -3.30. The van der Waals surface area contributed by atoms with Gasteiger partial charge in [0.1, 0.15) is 6.04 Å². The number of nitrogens with zero attached hydrogens (tertiary/aromatic N) is 6. The Labute approximate surface area is 346 Å². The Bertz CT molecular complexity index is 2590. The molecular formula is C43H45N9O7S. The van der Waals surface area contributed by atoms with Crippen molar-refractivity contribution in [3.63, 3.8) is 0 Å². The largest absolute Gasteiger partial charge is 0.385 e. The number of benzene rings is 3. The van der Waals surface area contributed by atoms with Crippen molar-refractivity contribution in [3.05, 3.63) is 96.1 Å². The minimum Gasteiger partial charge on any atom is -0.385 e. The molecule has 5 aromatic rings. The second kappa shape index (κ2) is 16.9. The Hall–Kier alpha value is -6.62. The van der Waals surface area contributed by atoms with Crippen molar-refractivity contribution in [1.29, 1.82) is 0 Å². The quantitative estimate of drug-likeness (QED) is 0.104. The zero-order valence-corrected chi connectivity index (χ0v) is 33.9. The van der Waals surface area contributed by atoms with E-state index in [9.17, 15) is 32.4 Å². The summed E-state index contributed by atoms with van der Waals surface area (Å²) in [5.74, 6) is -1.49. The maximum atomic E-state index is 13.1. The highest BCUT2D eigenvalue weighted by Gasteiger charge is 2.44. The molecule has 0 aliphatic carbocycles. The molecule has 8 rings (SSSR count). The van der Waals surface area contributed by atoms with E-state index in [1.165, 1.54) is 6.26 Å². The van der Waals surface area contributed by atoms with Gasteiger partial charge < -0.3 is 20.4 Å². The molecular weight excluding hydrogens is 787 g/mol. The number of nitrogens with one attached hydrogen (secondary N) is 3. The van der Waals surface area contributed by atoms with Gasteiger partial charge in [-0.2, -0.15) is 4.98 Å². The number of piperidine rings is 1. The molecule has 60 heavy (non-hydrogen) atoms. The van der Waals surface area contributed by atoms with E-state index in [0.717, 1.165) is 66.3 Å². The Morgan fingerprint density at radius 3 is 2.27 bits per heavy atom. The highest BCUT2D eigenvalue weighted by molar-refractivity contribution is 7.90. The lowest BCUT2D eigenvalue weighted by molar-refractivity contribution is -0.136. The molecule has 16 nitrogen and oxygen atoms in total. The Kier molecular flexibility index (Phi) is 11.3. The van der Waals surface area contributed by atoms with Gasteiger partial charge in [-0.3, -0.25) is 34.2 Å². The van der Waals surface area contributed by atoms with Gasteiger partial charge in [-0.1, -0.05) is 31.0 Å². The molecule has 2 aromatic heterocycles. The van der Waals surface area contributed by atoms with Gasteiger partial charge in [0.2, 0.25) is 23.7 Å². The highest BCUT2D eigenvalue weighted by atomic mass is 32.2. The molecule has 3 aliphatic rings. The van der Waals surface area contributed by atoms with Crippen LogP contribution in [0.3, 0.4) is 0 Å². The molecule has 17 heteroatoms. The zero-order valence-electron chi connectivity index (χ0n) is 33.1. The molecule has 0 bridgehead atoms. The summed E-state index contributed by atoms with van der Waals surface area (Å²) >= 11 is 0. The van der Waals surface area contributed by atoms with Gasteiger partial charge in [0.25, 0.3) is 11.8 Å². The molecule has 0 saturated carbocycles. The number of amides is 5. The van der Waals surface area contributed by atoms with Crippen LogP contribution in [0, 0.1) is 0 Å². The smallest absolute Gasteiger partial charge is 0.262 e. The second-order valence-electron chi connectivity index (χ2n) is 15.3. The number of aromatic nitrogens is 3. The fourth-order valence-electron chi connectivity index (χ4n) is 7.87. The van der Waals surface area contributed by atoms with Crippen LogP contribution >= 0.6 is 0 Å². The van der Waals surface area contributed by atoms with Crippen LogP contribution in [0.15, 0.2) is 89.8 Å². The van der Waals surface area contributed by atoms with Gasteiger partial charge in [-0.25, -0.2) is 12.9 Å². The van der Waals surface area contributed by atoms with Gasteiger partial charge in [-0.15, -0.1) is 5.10 Å². The summed E-state index contributed by atoms with van der Waals surface area (Å²) in [7, 11) is -3.30. The predicted octanol–water partition coefficient (Wildman–Crippen LogP) is 4.66. The molecule has 3 N–H and O–H groups in total. The van der Waals surface area contributed by atoms with Crippen molar-refractivity contribution >= 4 is 68.0 Å². The molecule has 2 fully saturated rings. The van der Waals surface area contributed by atoms with E-state index in [-0.39, 0.29) is 34.8 Å². The standard InChI is InChI=1S/C43H45N9O7S/c1-60(58,59)32-17-10-28(11-18-32)35-7-6-8-37-46-43(48-52(35)37)45-29-12-15-31(16-13-29)49-23-25-50(26-24-49)39(54)9-4-2-3-5-22-44-30-14-19-33-34(27-30)42(57)51(41(33)56)36-20-21-38(53)47-40(36)55/h6-8,10-19,27,36,44H,2-5,9,20-26H2,1H3,(H,45,48)(H,47,53,55). The van der Waals surface area contributed by atoms with E-state index >= 15 is 0 Å². The number of sulfone groups is 1. The van der Waals surface area contributed by atoms with Crippen LogP contribution in [0.1, 0.15) is 65.7 Å². The first-order chi connectivity index (χ1) is 28.9. The number of hydrogen-bond acceptors (Lipinski definition) is 12. The van der Waals surface area contributed by atoms with E-state index in [1.54, 1.807) is 47.0 Å². The number of anilines is 4. The van der Waals surface area contributed by atoms with Crippen molar-refractivity contribution in [2.45, 2.75) is 55.9 Å². The summed E-state index contributed by atoms with van der Waals surface area (Å²) in [4.78, 5) is 73.0. The predicted molar refractivity (Wildman–Crippen MR) is 225 cm³/mol. The monoisotopic (exact) mass is 831 g/mol. The number of unbranched alkanes of at least 4 members (excludes halogenated alkanes) is 3. The van der Waals surface area contributed by atoms with Crippen LogP contribution in [0.5, 0.6) is 0 Å². The highest BCUT2D eigenvalue weighted by Crippen LogP contribution is 2.30. The Morgan fingerprint density at radius 2 is 1.53 bits per heavy atom. The molecule has 5 amide bonds. The number of carbonyl (C=O) groups excluding carboxylic acids is 5. The summed E-state index contributed by atoms with van der Waals surface area (Å²) in [5.41, 5.74) is 5.34. The third kappa shape index (κ3) is 8.57. The molecule has 0 spiro atoms. The van der Waals surface area contributed by atoms with Crippen molar-refractivity contribution in [2.75, 3.05) is 54.5 Å². The Balaban J connectivity index is 0.740. The van der Waals surface area contributed by atoms with Crippen molar-refractivity contribution in [1.82, 2.24) is 29.7 Å². The molecule has 3 aliphatic heterocycles. The maximum absolute atomic E-state index is 13.1. The average molecular weight is 832 g/mol. The fraction of sp³-hybridized carbons (Fsp3) is 0.326. The second-order valence-corrected chi connectivity index (χ2v) is 17.3. The van der Waals surface area contributed by atoms with Crippen LogP contribution in [0.25, 0.3) is 16.9 Å². The number of imide groups is 2. The Morgan fingerprint density at radius 1 is 0.817 bits per heavy atom. The molecule has 5 heterocycles. The van der Waals surface area contributed by atoms with Crippen LogP contribution in [-0.4, -0.2) is 107 Å². The van der Waals surface area contributed by atoms with Crippen LogP contribution < -0.4 is 20.9 Å². The first-order valence-electron chi connectivity index (χ1n) is 20.1. The summed E-state index contributed by atoms with van der Waals surface area (Å²) in [6, 6.07) is 24.4. The van der Waals surface area contributed by atoms with E-state index in [2.05, 4.69) is 30.9 Å². The van der Waals surface area contributed by atoms with Crippen molar-refractivity contribution in [3.8, 4) is 11.3 Å². The fourth-order valence-corrected chi connectivity index (χ4v) is 8.51. The SMILES string of the molecule is CS(=O)(=O)c1ccc(-c2cccc3nc(Nc4ccc(N5CCN(C(=O)CCCCCCNc6ccc7c(c6)C(=O)N(C6CCC(=O)NC6=O)C7=O)CC5)cc4)nn23)cc1. The topological polar surface area (TPSA) is 195 Å². The summed E-state index contributed by atoms with van der Waals surface area (Å²) in [5, 5.41) is 13.5. The lowest BCUT2D eigenvalue weighted by atomic mass is 10.0. The minimum absolute atomic E-state index is 0.0744. The van der Waals surface area contributed by atoms with Gasteiger partial charge in [0.05, 0.1) is 21.7 Å². The lowest BCUT2D eigenvalue weighted by Crippen LogP contribution is -2.54. The zero-order chi connectivity index (χ0) is 42.0. The van der Waals surface area contributed by atoms with E-state index in [0.29, 0.717) is 43.3 Å². The number of rotatable bonds is 14.